The molecular formula is C22H28N2O6. The Labute approximate surface area is 175 Å². The molecule has 2 fully saturated rings. The minimum Gasteiger partial charge on any atom is -0.444 e. The quantitative estimate of drug-likeness (QED) is 0.542. The van der Waals surface area contributed by atoms with E-state index < -0.39 is 47.2 Å². The Bertz CT molecular complexity index is 828. The molecule has 2 aliphatic rings. The van der Waals surface area contributed by atoms with Gasteiger partial charge in [0.05, 0.1) is 12.0 Å². The van der Waals surface area contributed by atoms with Gasteiger partial charge < -0.3 is 10.1 Å². The van der Waals surface area contributed by atoms with Crippen molar-refractivity contribution in [1.29, 1.82) is 0 Å². The number of hydrogen-bond donors (Lipinski definition) is 1. The molecule has 0 bridgehead atoms. The second-order valence-corrected chi connectivity index (χ2v) is 8.86. The second-order valence-electron chi connectivity index (χ2n) is 8.86. The lowest BCUT2D eigenvalue weighted by Gasteiger charge is -2.24. The lowest BCUT2D eigenvalue weighted by atomic mass is 9.87. The Kier molecular flexibility index (Phi) is 6.26. The fourth-order valence-corrected chi connectivity index (χ4v) is 3.46. The van der Waals surface area contributed by atoms with Crippen LogP contribution in [0.5, 0.6) is 0 Å². The van der Waals surface area contributed by atoms with Crippen LogP contribution >= 0.6 is 0 Å². The van der Waals surface area contributed by atoms with Gasteiger partial charge in [0.2, 0.25) is 0 Å². The van der Waals surface area contributed by atoms with E-state index in [2.05, 4.69) is 5.32 Å². The third kappa shape index (κ3) is 5.05. The molecule has 1 N–H and O–H groups in total. The molecule has 162 valence electrons. The molecule has 0 aromatic heterocycles. The zero-order valence-corrected chi connectivity index (χ0v) is 17.7. The molecule has 1 aromatic rings. The largest absolute Gasteiger partial charge is 0.444 e. The summed E-state index contributed by atoms with van der Waals surface area (Å²) in [5, 5.41) is 3.30. The summed E-state index contributed by atoms with van der Waals surface area (Å²) in [6.07, 6.45) is 0.821. The number of ether oxygens (including phenoxy) is 1. The van der Waals surface area contributed by atoms with Crippen molar-refractivity contribution in [2.75, 3.05) is 0 Å². The van der Waals surface area contributed by atoms with Crippen LogP contribution in [0.2, 0.25) is 0 Å². The molecule has 3 atom stereocenters. The van der Waals surface area contributed by atoms with Crippen molar-refractivity contribution in [2.45, 2.75) is 58.8 Å². The van der Waals surface area contributed by atoms with Crippen molar-refractivity contribution >= 4 is 23.7 Å². The molecule has 1 saturated heterocycles. The molecule has 0 spiro atoms. The number of carbonyl (C=O) groups excluding carboxylic acids is 4. The van der Waals surface area contributed by atoms with Crippen LogP contribution in [0.3, 0.4) is 0 Å². The Balaban J connectivity index is 1.69. The molecule has 1 aromatic carbocycles. The van der Waals surface area contributed by atoms with Gasteiger partial charge in [-0.2, -0.15) is 5.06 Å². The standard InChI is InChI=1S/C22H28N2O6/c1-13-16(18(25)17(15-10-11-15)23-21(28)30-22(2,3)4)20(27)24(19(13)26)29-12-14-8-6-5-7-9-14/h5-9,13,15-17H,10-12H2,1-4H3,(H,23,28)/t13-,16+,17?/m0/s1. The molecule has 8 nitrogen and oxygen atoms in total. The highest BCUT2D eigenvalue weighted by Gasteiger charge is 2.53. The van der Waals surface area contributed by atoms with Gasteiger partial charge in [0.1, 0.15) is 18.1 Å². The van der Waals surface area contributed by atoms with Crippen molar-refractivity contribution in [3.8, 4) is 0 Å². The lowest BCUT2D eigenvalue weighted by Crippen LogP contribution is -2.49. The SMILES string of the molecule is C[C@@H]1C(=O)N(OCc2ccccc2)C(=O)[C@H]1C(=O)C(NC(=O)OC(C)(C)C)C1CC1. The van der Waals surface area contributed by atoms with E-state index in [0.29, 0.717) is 5.06 Å². The van der Waals surface area contributed by atoms with E-state index >= 15 is 0 Å². The third-order valence-corrected chi connectivity index (χ3v) is 5.14. The second kappa shape index (κ2) is 8.55. The predicted octanol–water partition coefficient (Wildman–Crippen LogP) is 2.61. The van der Waals surface area contributed by atoms with E-state index in [-0.39, 0.29) is 12.5 Å². The number of amides is 3. The number of hydrogen-bond acceptors (Lipinski definition) is 6. The number of ketones is 1. The molecule has 1 aliphatic heterocycles. The topological polar surface area (TPSA) is 102 Å². The van der Waals surface area contributed by atoms with Crippen molar-refractivity contribution < 1.29 is 28.8 Å². The zero-order chi connectivity index (χ0) is 22.1. The highest BCUT2D eigenvalue weighted by atomic mass is 16.7. The summed E-state index contributed by atoms with van der Waals surface area (Å²) in [4.78, 5) is 56.3. The maximum absolute atomic E-state index is 13.2. The molecule has 0 radical (unpaired) electrons. The van der Waals surface area contributed by atoms with E-state index in [1.165, 1.54) is 6.92 Å². The monoisotopic (exact) mass is 416 g/mol. The smallest absolute Gasteiger partial charge is 0.408 e. The third-order valence-electron chi connectivity index (χ3n) is 5.14. The number of carbonyl (C=O) groups is 4. The van der Waals surface area contributed by atoms with Crippen LogP contribution in [0.25, 0.3) is 0 Å². The molecule has 3 rings (SSSR count). The van der Waals surface area contributed by atoms with Crippen LogP contribution in [0.1, 0.15) is 46.1 Å². The molecule has 1 saturated carbocycles. The summed E-state index contributed by atoms with van der Waals surface area (Å²) < 4.78 is 5.25. The first-order valence-electron chi connectivity index (χ1n) is 10.2. The number of Topliss-reactive ketones (excluding diaryl/α,β-unsaturated/α-hetero) is 1. The molecule has 30 heavy (non-hydrogen) atoms. The van der Waals surface area contributed by atoms with Gasteiger partial charge in [-0.25, -0.2) is 4.79 Å². The lowest BCUT2D eigenvalue weighted by molar-refractivity contribution is -0.193. The average Bonchev–Trinajstić information content (AvgIpc) is 3.47. The van der Waals surface area contributed by atoms with Crippen LogP contribution in [0.4, 0.5) is 4.79 Å². The van der Waals surface area contributed by atoms with E-state index in [4.69, 9.17) is 9.57 Å². The van der Waals surface area contributed by atoms with E-state index in [9.17, 15) is 19.2 Å². The van der Waals surface area contributed by atoms with Gasteiger partial charge in [0.15, 0.2) is 5.78 Å². The van der Waals surface area contributed by atoms with Crippen molar-refractivity contribution in [3.63, 3.8) is 0 Å². The minimum absolute atomic E-state index is 0.0359. The fourth-order valence-electron chi connectivity index (χ4n) is 3.46. The van der Waals surface area contributed by atoms with Gasteiger partial charge in [-0.05, 0) is 45.1 Å². The summed E-state index contributed by atoms with van der Waals surface area (Å²) in [6.45, 7) is 6.75. The van der Waals surface area contributed by atoms with Crippen LogP contribution < -0.4 is 5.32 Å². The molecule has 1 aliphatic carbocycles. The van der Waals surface area contributed by atoms with E-state index in [1.54, 1.807) is 20.8 Å². The molecular weight excluding hydrogens is 388 g/mol. The molecule has 1 heterocycles. The first-order chi connectivity index (χ1) is 14.1. The van der Waals surface area contributed by atoms with Gasteiger partial charge in [-0.1, -0.05) is 37.3 Å². The summed E-state index contributed by atoms with van der Waals surface area (Å²) in [5.41, 5.74) is 0.0819. The average molecular weight is 416 g/mol. The number of alkyl carbamates (subject to hydrolysis) is 1. The Hall–Kier alpha value is -2.74. The highest BCUT2D eigenvalue weighted by molar-refractivity contribution is 6.16. The van der Waals surface area contributed by atoms with Crippen LogP contribution in [-0.2, 0) is 30.6 Å². The van der Waals surface area contributed by atoms with E-state index in [1.807, 2.05) is 30.3 Å². The summed E-state index contributed by atoms with van der Waals surface area (Å²) >= 11 is 0. The predicted molar refractivity (Wildman–Crippen MR) is 107 cm³/mol. The zero-order valence-electron chi connectivity index (χ0n) is 17.7. The number of benzene rings is 1. The Morgan fingerprint density at radius 1 is 1.13 bits per heavy atom. The molecule has 1 unspecified atom stereocenters. The summed E-state index contributed by atoms with van der Waals surface area (Å²) in [6, 6.07) is 8.25. The van der Waals surface area contributed by atoms with Gasteiger partial charge >= 0.3 is 6.09 Å². The van der Waals surface area contributed by atoms with Crippen LogP contribution in [-0.4, -0.2) is 40.4 Å². The Morgan fingerprint density at radius 2 is 1.77 bits per heavy atom. The fraction of sp³-hybridized carbons (Fsp3) is 0.545. The number of rotatable bonds is 7. The maximum atomic E-state index is 13.2. The molecule has 8 heteroatoms. The van der Waals surface area contributed by atoms with Crippen molar-refractivity contribution in [3.05, 3.63) is 35.9 Å². The van der Waals surface area contributed by atoms with Gasteiger partial charge in [-0.15, -0.1) is 0 Å². The van der Waals surface area contributed by atoms with Crippen LogP contribution in [0.15, 0.2) is 30.3 Å². The Morgan fingerprint density at radius 3 is 2.33 bits per heavy atom. The number of imide groups is 1. The van der Waals surface area contributed by atoms with Gasteiger partial charge in [-0.3, -0.25) is 19.2 Å². The van der Waals surface area contributed by atoms with Gasteiger partial charge in [0, 0.05) is 0 Å². The van der Waals surface area contributed by atoms with Gasteiger partial charge in [0.25, 0.3) is 11.8 Å². The normalized spacial score (nSPS) is 22.7. The summed E-state index contributed by atoms with van der Waals surface area (Å²) in [5.74, 6) is -3.82. The highest BCUT2D eigenvalue weighted by Crippen LogP contribution is 2.37. The maximum Gasteiger partial charge on any atom is 0.408 e. The molecule has 3 amide bonds. The van der Waals surface area contributed by atoms with Crippen LogP contribution in [0, 0.1) is 17.8 Å². The van der Waals surface area contributed by atoms with Crippen molar-refractivity contribution in [2.24, 2.45) is 17.8 Å². The minimum atomic E-state index is -1.19. The van der Waals surface area contributed by atoms with Crippen molar-refractivity contribution in [1.82, 2.24) is 10.4 Å². The number of nitrogens with one attached hydrogen (secondary N) is 1. The number of hydroxylamine groups is 2. The first kappa shape index (κ1) is 22.0. The van der Waals surface area contributed by atoms with E-state index in [0.717, 1.165) is 18.4 Å². The number of nitrogens with zero attached hydrogens (tertiary/aromatic N) is 1. The summed E-state index contributed by atoms with van der Waals surface area (Å²) in [7, 11) is 0. The first-order valence-corrected chi connectivity index (χ1v) is 10.2.